The molecule has 3 nitrogen and oxygen atoms in total. The fraction of sp³-hybridized carbons (Fsp3) is 0.235. The minimum absolute atomic E-state index is 0.154. The Morgan fingerprint density at radius 2 is 1.85 bits per heavy atom. The van der Waals surface area contributed by atoms with Crippen LogP contribution in [-0.4, -0.2) is 11.0 Å². The van der Waals surface area contributed by atoms with Crippen LogP contribution in [0.4, 0.5) is 5.69 Å². The molecular formula is C17H19NO2. The predicted octanol–water partition coefficient (Wildman–Crippen LogP) is 3.56. The first kappa shape index (κ1) is 14.3. The van der Waals surface area contributed by atoms with Gasteiger partial charge < -0.3 is 10.4 Å². The maximum Gasteiger partial charge on any atom is 0.255 e. The van der Waals surface area contributed by atoms with Gasteiger partial charge in [0, 0.05) is 11.3 Å². The Kier molecular flexibility index (Phi) is 4.20. The highest BCUT2D eigenvalue weighted by atomic mass is 16.3. The van der Waals surface area contributed by atoms with E-state index in [0.29, 0.717) is 17.7 Å². The van der Waals surface area contributed by atoms with Crippen LogP contribution in [0.5, 0.6) is 0 Å². The number of benzene rings is 2. The second kappa shape index (κ2) is 5.88. The largest absolute Gasteiger partial charge is 0.385 e. The maximum absolute atomic E-state index is 12.1. The van der Waals surface area contributed by atoms with Crippen molar-refractivity contribution in [2.24, 2.45) is 0 Å². The molecule has 0 spiro atoms. The molecule has 1 amide bonds. The fourth-order valence-electron chi connectivity index (χ4n) is 1.93. The van der Waals surface area contributed by atoms with E-state index >= 15 is 0 Å². The monoisotopic (exact) mass is 269 g/mol. The lowest BCUT2D eigenvalue weighted by Gasteiger charge is -2.22. The summed E-state index contributed by atoms with van der Waals surface area (Å²) >= 11 is 0. The zero-order valence-electron chi connectivity index (χ0n) is 11.8. The van der Waals surface area contributed by atoms with Crippen molar-refractivity contribution < 1.29 is 9.90 Å². The number of nitrogens with one attached hydrogen (secondary N) is 1. The van der Waals surface area contributed by atoms with Crippen LogP contribution >= 0.6 is 0 Å². The molecule has 1 unspecified atom stereocenters. The molecule has 0 saturated heterocycles. The quantitative estimate of drug-likeness (QED) is 0.891. The van der Waals surface area contributed by atoms with Gasteiger partial charge in [0.1, 0.15) is 0 Å². The molecule has 0 aliphatic carbocycles. The number of aliphatic hydroxyl groups is 1. The Labute approximate surface area is 119 Å². The number of hydrogen-bond acceptors (Lipinski definition) is 2. The molecule has 2 aromatic rings. The lowest BCUT2D eigenvalue weighted by atomic mass is 9.93. The summed E-state index contributed by atoms with van der Waals surface area (Å²) in [6, 6.07) is 16.4. The minimum atomic E-state index is -0.881. The molecule has 2 aromatic carbocycles. The van der Waals surface area contributed by atoms with E-state index in [4.69, 9.17) is 0 Å². The van der Waals surface area contributed by atoms with Crippen molar-refractivity contribution >= 4 is 11.6 Å². The van der Waals surface area contributed by atoms with E-state index in [0.717, 1.165) is 5.56 Å². The molecule has 0 saturated carbocycles. The lowest BCUT2D eigenvalue weighted by molar-refractivity contribution is 0.0531. The summed E-state index contributed by atoms with van der Waals surface area (Å²) in [5.41, 5.74) is 1.21. The van der Waals surface area contributed by atoms with Crippen LogP contribution < -0.4 is 5.32 Å². The standard InChI is InChI=1S/C17H19NO2/c1-3-17(2,20)14-10-7-11-15(12-14)18-16(19)13-8-5-4-6-9-13/h4-12,20H,3H2,1-2H3,(H,18,19). The summed E-state index contributed by atoms with van der Waals surface area (Å²) < 4.78 is 0. The molecule has 1 atom stereocenters. The topological polar surface area (TPSA) is 49.3 Å². The van der Waals surface area contributed by atoms with Gasteiger partial charge in [-0.15, -0.1) is 0 Å². The summed E-state index contributed by atoms with van der Waals surface area (Å²) in [6.07, 6.45) is 0.614. The van der Waals surface area contributed by atoms with Gasteiger partial charge in [0.2, 0.25) is 0 Å². The maximum atomic E-state index is 12.1. The molecule has 20 heavy (non-hydrogen) atoms. The van der Waals surface area contributed by atoms with Crippen molar-refractivity contribution in [1.82, 2.24) is 0 Å². The van der Waals surface area contributed by atoms with Gasteiger partial charge in [-0.1, -0.05) is 37.3 Å². The van der Waals surface area contributed by atoms with Crippen LogP contribution in [0.15, 0.2) is 54.6 Å². The summed E-state index contributed by atoms with van der Waals surface area (Å²) in [6.45, 7) is 3.69. The molecule has 0 aliphatic rings. The molecule has 2 rings (SSSR count). The Bertz CT molecular complexity index is 591. The van der Waals surface area contributed by atoms with Gasteiger partial charge in [0.05, 0.1) is 5.60 Å². The fourth-order valence-corrected chi connectivity index (χ4v) is 1.93. The average molecular weight is 269 g/mol. The highest BCUT2D eigenvalue weighted by molar-refractivity contribution is 6.04. The van der Waals surface area contributed by atoms with E-state index in [-0.39, 0.29) is 5.91 Å². The first-order valence-electron chi connectivity index (χ1n) is 6.72. The molecule has 0 radical (unpaired) electrons. The van der Waals surface area contributed by atoms with Crippen molar-refractivity contribution in [3.05, 3.63) is 65.7 Å². The lowest BCUT2D eigenvalue weighted by Crippen LogP contribution is -2.20. The van der Waals surface area contributed by atoms with Crippen molar-refractivity contribution in [2.45, 2.75) is 25.9 Å². The summed E-state index contributed by atoms with van der Waals surface area (Å²) in [4.78, 5) is 12.1. The average Bonchev–Trinajstić information content (AvgIpc) is 2.48. The molecule has 0 aromatic heterocycles. The molecule has 0 aliphatic heterocycles. The summed E-state index contributed by atoms with van der Waals surface area (Å²) in [7, 11) is 0. The van der Waals surface area contributed by atoms with Crippen molar-refractivity contribution in [1.29, 1.82) is 0 Å². The Morgan fingerprint density at radius 3 is 2.50 bits per heavy atom. The van der Waals surface area contributed by atoms with Gasteiger partial charge in [-0.2, -0.15) is 0 Å². The number of anilines is 1. The second-order valence-corrected chi connectivity index (χ2v) is 5.03. The Hall–Kier alpha value is -2.13. The van der Waals surface area contributed by atoms with Gasteiger partial charge in [-0.25, -0.2) is 0 Å². The SMILES string of the molecule is CCC(C)(O)c1cccc(NC(=O)c2ccccc2)c1. The van der Waals surface area contributed by atoms with Gasteiger partial charge in [0.15, 0.2) is 0 Å². The zero-order valence-corrected chi connectivity index (χ0v) is 11.8. The van der Waals surface area contributed by atoms with E-state index in [1.807, 2.05) is 49.4 Å². The smallest absolute Gasteiger partial charge is 0.255 e. The third-order valence-electron chi connectivity index (χ3n) is 3.47. The van der Waals surface area contributed by atoms with Crippen molar-refractivity contribution in [2.75, 3.05) is 5.32 Å². The Balaban J connectivity index is 2.19. The molecule has 3 heteroatoms. The van der Waals surface area contributed by atoms with E-state index < -0.39 is 5.60 Å². The van der Waals surface area contributed by atoms with Crippen molar-refractivity contribution in [3.8, 4) is 0 Å². The number of carbonyl (C=O) groups excluding carboxylic acids is 1. The van der Waals surface area contributed by atoms with E-state index in [1.165, 1.54) is 0 Å². The van der Waals surface area contributed by atoms with E-state index in [1.54, 1.807) is 19.1 Å². The number of amides is 1. The van der Waals surface area contributed by atoms with Gasteiger partial charge >= 0.3 is 0 Å². The molecule has 104 valence electrons. The number of carbonyl (C=O) groups is 1. The van der Waals surface area contributed by atoms with Gasteiger partial charge in [-0.3, -0.25) is 4.79 Å². The second-order valence-electron chi connectivity index (χ2n) is 5.03. The first-order chi connectivity index (χ1) is 9.53. The normalized spacial score (nSPS) is 13.6. The van der Waals surface area contributed by atoms with Crippen LogP contribution in [0.3, 0.4) is 0 Å². The van der Waals surface area contributed by atoms with Crippen LogP contribution in [0, 0.1) is 0 Å². The van der Waals surface area contributed by atoms with E-state index in [9.17, 15) is 9.90 Å². The summed E-state index contributed by atoms with van der Waals surface area (Å²) in [5.74, 6) is -0.154. The molecule has 0 fully saturated rings. The molecule has 2 N–H and O–H groups in total. The van der Waals surface area contributed by atoms with Gasteiger partial charge in [-0.05, 0) is 43.2 Å². The van der Waals surface area contributed by atoms with Crippen LogP contribution in [0.25, 0.3) is 0 Å². The summed E-state index contributed by atoms with van der Waals surface area (Å²) in [5, 5.41) is 13.1. The highest BCUT2D eigenvalue weighted by Crippen LogP contribution is 2.26. The zero-order chi connectivity index (χ0) is 14.6. The molecular weight excluding hydrogens is 250 g/mol. The predicted molar refractivity (Wildman–Crippen MR) is 80.7 cm³/mol. The number of rotatable bonds is 4. The Morgan fingerprint density at radius 1 is 1.15 bits per heavy atom. The highest BCUT2D eigenvalue weighted by Gasteiger charge is 2.20. The van der Waals surface area contributed by atoms with Crippen LogP contribution in [0.2, 0.25) is 0 Å². The first-order valence-corrected chi connectivity index (χ1v) is 6.72. The van der Waals surface area contributed by atoms with E-state index in [2.05, 4.69) is 5.32 Å². The third kappa shape index (κ3) is 3.25. The van der Waals surface area contributed by atoms with Gasteiger partial charge in [0.25, 0.3) is 5.91 Å². The van der Waals surface area contributed by atoms with Crippen molar-refractivity contribution in [3.63, 3.8) is 0 Å². The van der Waals surface area contributed by atoms with Crippen LogP contribution in [-0.2, 0) is 5.60 Å². The third-order valence-corrected chi connectivity index (χ3v) is 3.47. The molecule has 0 heterocycles. The van der Waals surface area contributed by atoms with Crippen LogP contribution in [0.1, 0.15) is 36.2 Å². The minimum Gasteiger partial charge on any atom is -0.385 e. The number of hydrogen-bond donors (Lipinski definition) is 2. The molecule has 0 bridgehead atoms.